The van der Waals surface area contributed by atoms with Crippen molar-refractivity contribution in [3.8, 4) is 0 Å². The van der Waals surface area contributed by atoms with E-state index in [4.69, 9.17) is 0 Å². The van der Waals surface area contributed by atoms with E-state index in [0.29, 0.717) is 0 Å². The quantitative estimate of drug-likeness (QED) is 0.595. The molecule has 3 nitrogen and oxygen atoms in total. The van der Waals surface area contributed by atoms with Gasteiger partial charge in [-0.05, 0) is 18.6 Å². The lowest BCUT2D eigenvalue weighted by atomic mass is 10.3. The SMILES string of the molecule is CC.Cc1ccn2ncncc12. The van der Waals surface area contributed by atoms with Crippen LogP contribution in [0.25, 0.3) is 5.52 Å². The van der Waals surface area contributed by atoms with Gasteiger partial charge in [0.05, 0.1) is 11.7 Å². The van der Waals surface area contributed by atoms with Crippen LogP contribution in [0.4, 0.5) is 0 Å². The fraction of sp³-hybridized carbons (Fsp3) is 0.333. The minimum absolute atomic E-state index is 1.07. The molecule has 0 saturated heterocycles. The molecule has 2 aromatic heterocycles. The molecule has 2 rings (SSSR count). The molecule has 0 aliphatic carbocycles. The number of hydrogen-bond acceptors (Lipinski definition) is 2. The Bertz CT molecular complexity index is 351. The predicted molar refractivity (Wildman–Crippen MR) is 49.1 cm³/mol. The number of aromatic nitrogens is 3. The van der Waals surface area contributed by atoms with E-state index in [1.165, 1.54) is 11.9 Å². The van der Waals surface area contributed by atoms with Crippen LogP contribution in [0.1, 0.15) is 19.4 Å². The first-order valence-corrected chi connectivity index (χ1v) is 4.12. The second-order valence-corrected chi connectivity index (χ2v) is 2.24. The Labute approximate surface area is 72.1 Å². The first-order valence-electron chi connectivity index (χ1n) is 4.12. The standard InChI is InChI=1S/C7H7N3.C2H6/c1-6-2-3-10-7(6)4-8-5-9-10;1-2/h2-5H,1H3;1-2H3. The molecule has 0 atom stereocenters. The third-order valence-corrected chi connectivity index (χ3v) is 1.56. The van der Waals surface area contributed by atoms with Gasteiger partial charge >= 0.3 is 0 Å². The van der Waals surface area contributed by atoms with E-state index in [9.17, 15) is 0 Å². The van der Waals surface area contributed by atoms with Crippen LogP contribution in [0.2, 0.25) is 0 Å². The molecule has 0 saturated carbocycles. The van der Waals surface area contributed by atoms with Gasteiger partial charge in [0.2, 0.25) is 0 Å². The van der Waals surface area contributed by atoms with Crippen molar-refractivity contribution >= 4 is 5.52 Å². The van der Waals surface area contributed by atoms with Gasteiger partial charge in [-0.2, -0.15) is 5.10 Å². The predicted octanol–water partition coefficient (Wildman–Crippen LogP) is 2.06. The van der Waals surface area contributed by atoms with E-state index in [0.717, 1.165) is 5.52 Å². The maximum absolute atomic E-state index is 4.01. The zero-order chi connectivity index (χ0) is 8.97. The average molecular weight is 163 g/mol. The van der Waals surface area contributed by atoms with Crippen molar-refractivity contribution in [1.82, 2.24) is 14.6 Å². The molecule has 0 N–H and O–H groups in total. The van der Waals surface area contributed by atoms with Crippen LogP contribution < -0.4 is 0 Å². The molecule has 0 aromatic carbocycles. The fourth-order valence-electron chi connectivity index (χ4n) is 0.980. The van der Waals surface area contributed by atoms with Crippen LogP contribution in [0.15, 0.2) is 24.8 Å². The van der Waals surface area contributed by atoms with E-state index in [1.54, 1.807) is 0 Å². The van der Waals surface area contributed by atoms with Crippen molar-refractivity contribution in [3.63, 3.8) is 0 Å². The Balaban J connectivity index is 0.000000336. The molecule has 0 aliphatic heterocycles. The maximum Gasteiger partial charge on any atom is 0.136 e. The van der Waals surface area contributed by atoms with Gasteiger partial charge in [-0.15, -0.1) is 0 Å². The van der Waals surface area contributed by atoms with Gasteiger partial charge in [0.25, 0.3) is 0 Å². The number of rotatable bonds is 0. The third kappa shape index (κ3) is 1.44. The van der Waals surface area contributed by atoms with Gasteiger partial charge in [0.15, 0.2) is 0 Å². The van der Waals surface area contributed by atoms with Crippen molar-refractivity contribution < 1.29 is 0 Å². The number of fused-ring (bicyclic) bond motifs is 1. The monoisotopic (exact) mass is 163 g/mol. The lowest BCUT2D eigenvalue weighted by Crippen LogP contribution is -1.88. The highest BCUT2D eigenvalue weighted by molar-refractivity contribution is 5.51. The summed E-state index contributed by atoms with van der Waals surface area (Å²) in [5.74, 6) is 0. The largest absolute Gasteiger partial charge is 0.241 e. The van der Waals surface area contributed by atoms with Gasteiger partial charge in [0.1, 0.15) is 6.33 Å². The minimum Gasteiger partial charge on any atom is -0.241 e. The summed E-state index contributed by atoms with van der Waals surface area (Å²) in [5.41, 5.74) is 2.28. The van der Waals surface area contributed by atoms with E-state index in [-0.39, 0.29) is 0 Å². The van der Waals surface area contributed by atoms with E-state index in [2.05, 4.69) is 10.1 Å². The van der Waals surface area contributed by atoms with Crippen molar-refractivity contribution in [2.75, 3.05) is 0 Å². The molecular formula is C9H13N3. The minimum atomic E-state index is 1.07. The summed E-state index contributed by atoms with van der Waals surface area (Å²) < 4.78 is 1.81. The molecule has 0 bridgehead atoms. The van der Waals surface area contributed by atoms with Crippen LogP contribution in [-0.2, 0) is 0 Å². The first kappa shape index (κ1) is 8.71. The fourth-order valence-corrected chi connectivity index (χ4v) is 0.980. The van der Waals surface area contributed by atoms with Crippen molar-refractivity contribution in [2.45, 2.75) is 20.8 Å². The molecule has 0 radical (unpaired) electrons. The molecule has 0 amide bonds. The van der Waals surface area contributed by atoms with Crippen LogP contribution in [0.5, 0.6) is 0 Å². The molecule has 0 unspecified atom stereocenters. The van der Waals surface area contributed by atoms with Gasteiger partial charge in [0, 0.05) is 6.20 Å². The number of aryl methyl sites for hydroxylation is 1. The molecule has 2 aromatic rings. The van der Waals surface area contributed by atoms with E-state index < -0.39 is 0 Å². The van der Waals surface area contributed by atoms with Crippen molar-refractivity contribution in [1.29, 1.82) is 0 Å². The van der Waals surface area contributed by atoms with E-state index in [1.807, 2.05) is 43.7 Å². The topological polar surface area (TPSA) is 30.2 Å². The highest BCUT2D eigenvalue weighted by Gasteiger charge is 1.94. The van der Waals surface area contributed by atoms with Crippen LogP contribution in [0, 0.1) is 6.92 Å². The van der Waals surface area contributed by atoms with Crippen LogP contribution in [-0.4, -0.2) is 14.6 Å². The Morgan fingerprint density at radius 3 is 2.75 bits per heavy atom. The molecule has 0 fully saturated rings. The molecule has 2 heterocycles. The molecule has 64 valence electrons. The van der Waals surface area contributed by atoms with Gasteiger partial charge in [-0.25, -0.2) is 9.50 Å². The third-order valence-electron chi connectivity index (χ3n) is 1.56. The second-order valence-electron chi connectivity index (χ2n) is 2.24. The zero-order valence-electron chi connectivity index (χ0n) is 7.65. The summed E-state index contributed by atoms with van der Waals surface area (Å²) in [6.45, 7) is 6.04. The molecule has 3 heteroatoms. The summed E-state index contributed by atoms with van der Waals surface area (Å²) >= 11 is 0. The highest BCUT2D eigenvalue weighted by atomic mass is 15.2. The van der Waals surface area contributed by atoms with Crippen molar-refractivity contribution in [2.24, 2.45) is 0 Å². The summed E-state index contributed by atoms with van der Waals surface area (Å²) in [6.07, 6.45) is 5.26. The number of hydrogen-bond donors (Lipinski definition) is 0. The normalized spacial score (nSPS) is 9.25. The molecule has 12 heavy (non-hydrogen) atoms. The number of nitrogens with zero attached hydrogens (tertiary/aromatic N) is 3. The average Bonchev–Trinajstić information content (AvgIpc) is 2.53. The zero-order valence-corrected chi connectivity index (χ0v) is 7.65. The summed E-state index contributed by atoms with van der Waals surface area (Å²) in [4.78, 5) is 3.91. The summed E-state index contributed by atoms with van der Waals surface area (Å²) in [7, 11) is 0. The van der Waals surface area contributed by atoms with Gasteiger partial charge in [-0.3, -0.25) is 0 Å². The van der Waals surface area contributed by atoms with Crippen LogP contribution in [0.3, 0.4) is 0 Å². The lowest BCUT2D eigenvalue weighted by Gasteiger charge is -1.89. The first-order chi connectivity index (χ1) is 5.88. The lowest BCUT2D eigenvalue weighted by molar-refractivity contribution is 0.902. The Morgan fingerprint density at radius 1 is 1.33 bits per heavy atom. The highest BCUT2D eigenvalue weighted by Crippen LogP contribution is 2.06. The maximum atomic E-state index is 4.01. The molecular weight excluding hydrogens is 150 g/mol. The summed E-state index contributed by atoms with van der Waals surface area (Å²) in [5, 5.41) is 4.01. The Kier molecular flexibility index (Phi) is 2.80. The Morgan fingerprint density at radius 2 is 2.08 bits per heavy atom. The second kappa shape index (κ2) is 3.85. The molecule has 0 aliphatic rings. The van der Waals surface area contributed by atoms with Gasteiger partial charge < -0.3 is 0 Å². The van der Waals surface area contributed by atoms with Crippen LogP contribution >= 0.6 is 0 Å². The van der Waals surface area contributed by atoms with Gasteiger partial charge in [-0.1, -0.05) is 13.8 Å². The Hall–Kier alpha value is -1.38. The van der Waals surface area contributed by atoms with E-state index >= 15 is 0 Å². The van der Waals surface area contributed by atoms with Crippen molar-refractivity contribution in [3.05, 3.63) is 30.4 Å². The smallest absolute Gasteiger partial charge is 0.136 e. The molecule has 0 spiro atoms. The summed E-state index contributed by atoms with van der Waals surface area (Å²) in [6, 6.07) is 2.02.